The Morgan fingerprint density at radius 2 is 1.93 bits per heavy atom. The van der Waals surface area contributed by atoms with Gasteiger partial charge in [0.25, 0.3) is 11.1 Å². The van der Waals surface area contributed by atoms with Gasteiger partial charge in [-0.2, -0.15) is 0 Å². The third-order valence-corrected chi connectivity index (χ3v) is 7.55. The van der Waals surface area contributed by atoms with E-state index in [0.717, 1.165) is 22.9 Å². The van der Waals surface area contributed by atoms with Crippen LogP contribution in [0.1, 0.15) is 18.4 Å². The van der Waals surface area contributed by atoms with Crippen molar-refractivity contribution in [2.24, 2.45) is 5.92 Å². The lowest BCUT2D eigenvalue weighted by molar-refractivity contribution is -0.127. The van der Waals surface area contributed by atoms with Gasteiger partial charge in [0, 0.05) is 37.1 Å². The maximum absolute atomic E-state index is 12.5. The second-order valence-electron chi connectivity index (χ2n) is 7.08. The van der Waals surface area contributed by atoms with Gasteiger partial charge in [0.2, 0.25) is 15.9 Å². The highest BCUT2D eigenvalue weighted by atomic mass is 35.5. The van der Waals surface area contributed by atoms with E-state index in [4.69, 9.17) is 11.6 Å². The number of imide groups is 1. The molecule has 2 heterocycles. The lowest BCUT2D eigenvalue weighted by Gasteiger charge is -2.29. The number of nitrogens with zero attached hydrogens (tertiary/aromatic N) is 2. The van der Waals surface area contributed by atoms with E-state index in [1.807, 2.05) is 0 Å². The lowest BCUT2D eigenvalue weighted by Crippen LogP contribution is -2.44. The van der Waals surface area contributed by atoms with Crippen LogP contribution >= 0.6 is 23.4 Å². The SMILES string of the molecule is CS(=O)(=O)N1CCC(C(=O)NCCN2C(=O)S/C(=C\c3ccccc3Cl)C2=O)CC1. The van der Waals surface area contributed by atoms with Crippen molar-refractivity contribution in [2.45, 2.75) is 12.8 Å². The Labute approximate surface area is 184 Å². The van der Waals surface area contributed by atoms with E-state index in [9.17, 15) is 22.8 Å². The summed E-state index contributed by atoms with van der Waals surface area (Å²) in [5.74, 6) is -0.889. The molecule has 0 radical (unpaired) electrons. The standard InChI is InChI=1S/C19H22ClN3O5S2/c1-30(27,28)22-9-6-13(7-10-22)17(24)21-8-11-23-18(25)16(29-19(23)26)12-14-4-2-3-5-15(14)20/h2-5,12-13H,6-11H2,1H3,(H,21,24)/b16-12-. The van der Waals surface area contributed by atoms with Gasteiger partial charge in [-0.05, 0) is 42.3 Å². The summed E-state index contributed by atoms with van der Waals surface area (Å²) in [6.07, 6.45) is 3.63. The van der Waals surface area contributed by atoms with E-state index in [1.165, 1.54) is 4.31 Å². The van der Waals surface area contributed by atoms with Crippen molar-refractivity contribution in [3.8, 4) is 0 Å². The zero-order chi connectivity index (χ0) is 21.9. The molecule has 1 N–H and O–H groups in total. The Hall–Kier alpha value is -1.88. The molecule has 162 valence electrons. The van der Waals surface area contributed by atoms with Crippen LogP contribution in [0.5, 0.6) is 0 Å². The second-order valence-corrected chi connectivity index (χ2v) is 10.5. The number of amides is 3. The first-order valence-corrected chi connectivity index (χ1v) is 12.4. The zero-order valence-corrected chi connectivity index (χ0v) is 18.7. The number of halogens is 1. The van der Waals surface area contributed by atoms with Crippen LogP contribution in [-0.2, 0) is 19.6 Å². The highest BCUT2D eigenvalue weighted by molar-refractivity contribution is 8.18. The Balaban J connectivity index is 1.50. The fraction of sp³-hybridized carbons (Fsp3) is 0.421. The molecule has 1 aromatic carbocycles. The van der Waals surface area contributed by atoms with Crippen LogP contribution in [0.2, 0.25) is 5.02 Å². The number of sulfonamides is 1. The maximum Gasteiger partial charge on any atom is 0.293 e. The highest BCUT2D eigenvalue weighted by Gasteiger charge is 2.35. The van der Waals surface area contributed by atoms with Crippen molar-refractivity contribution < 1.29 is 22.8 Å². The maximum atomic E-state index is 12.5. The minimum atomic E-state index is -3.24. The Morgan fingerprint density at radius 3 is 2.57 bits per heavy atom. The van der Waals surface area contributed by atoms with Crippen LogP contribution in [0, 0.1) is 5.92 Å². The first kappa shape index (κ1) is 22.8. The van der Waals surface area contributed by atoms with Crippen molar-refractivity contribution in [3.63, 3.8) is 0 Å². The van der Waals surface area contributed by atoms with Gasteiger partial charge >= 0.3 is 0 Å². The molecule has 3 rings (SSSR count). The van der Waals surface area contributed by atoms with Crippen molar-refractivity contribution in [1.29, 1.82) is 0 Å². The number of carbonyl (C=O) groups excluding carboxylic acids is 3. The van der Waals surface area contributed by atoms with Gasteiger partial charge in [0.15, 0.2) is 0 Å². The number of nitrogens with one attached hydrogen (secondary N) is 1. The summed E-state index contributed by atoms with van der Waals surface area (Å²) >= 11 is 6.94. The molecule has 11 heteroatoms. The number of piperidine rings is 1. The van der Waals surface area contributed by atoms with Crippen LogP contribution in [0.15, 0.2) is 29.2 Å². The number of carbonyl (C=O) groups is 3. The van der Waals surface area contributed by atoms with Crippen molar-refractivity contribution in [3.05, 3.63) is 39.8 Å². The minimum Gasteiger partial charge on any atom is -0.354 e. The molecule has 2 fully saturated rings. The van der Waals surface area contributed by atoms with Gasteiger partial charge < -0.3 is 5.32 Å². The number of thioether (sulfide) groups is 1. The lowest BCUT2D eigenvalue weighted by atomic mass is 9.97. The molecule has 1 aromatic rings. The molecule has 0 saturated carbocycles. The molecule has 30 heavy (non-hydrogen) atoms. The summed E-state index contributed by atoms with van der Waals surface area (Å²) in [7, 11) is -3.24. The molecule has 0 unspecified atom stereocenters. The predicted octanol–water partition coefficient (Wildman–Crippen LogP) is 2.16. The summed E-state index contributed by atoms with van der Waals surface area (Å²) in [5, 5.41) is 2.84. The van der Waals surface area contributed by atoms with E-state index in [2.05, 4.69) is 5.32 Å². The average Bonchev–Trinajstić information content (AvgIpc) is 2.96. The molecule has 2 aliphatic rings. The van der Waals surface area contributed by atoms with Crippen LogP contribution in [-0.4, -0.2) is 67.1 Å². The Kier molecular flexibility index (Phi) is 7.22. The smallest absolute Gasteiger partial charge is 0.293 e. The molecule has 0 bridgehead atoms. The van der Waals surface area contributed by atoms with E-state index in [1.54, 1.807) is 30.3 Å². The number of benzene rings is 1. The first-order valence-electron chi connectivity index (χ1n) is 9.39. The summed E-state index contributed by atoms with van der Waals surface area (Å²) in [5.41, 5.74) is 0.651. The van der Waals surface area contributed by atoms with Gasteiger partial charge in [-0.25, -0.2) is 12.7 Å². The molecule has 0 spiro atoms. The molecule has 2 saturated heterocycles. The summed E-state index contributed by atoms with van der Waals surface area (Å²) in [4.78, 5) is 38.5. The summed E-state index contributed by atoms with van der Waals surface area (Å²) < 4.78 is 24.5. The van der Waals surface area contributed by atoms with Gasteiger partial charge in [-0.15, -0.1) is 0 Å². The molecular formula is C19H22ClN3O5S2. The molecule has 8 nitrogen and oxygen atoms in total. The largest absolute Gasteiger partial charge is 0.354 e. The molecule has 0 aliphatic carbocycles. The third kappa shape index (κ3) is 5.42. The van der Waals surface area contributed by atoms with Crippen LogP contribution in [0.4, 0.5) is 4.79 Å². The molecule has 0 atom stereocenters. The van der Waals surface area contributed by atoms with E-state index < -0.39 is 21.2 Å². The van der Waals surface area contributed by atoms with Crippen LogP contribution < -0.4 is 5.32 Å². The van der Waals surface area contributed by atoms with Crippen LogP contribution in [0.25, 0.3) is 6.08 Å². The van der Waals surface area contributed by atoms with Gasteiger partial charge in [0.1, 0.15) is 0 Å². The Morgan fingerprint density at radius 1 is 1.27 bits per heavy atom. The molecule has 0 aromatic heterocycles. The van der Waals surface area contributed by atoms with E-state index in [0.29, 0.717) is 36.5 Å². The normalized spacial score (nSPS) is 20.2. The molecule has 2 aliphatic heterocycles. The van der Waals surface area contributed by atoms with Gasteiger partial charge in [-0.3, -0.25) is 19.3 Å². The highest BCUT2D eigenvalue weighted by Crippen LogP contribution is 2.33. The minimum absolute atomic E-state index is 0.0679. The fourth-order valence-electron chi connectivity index (χ4n) is 3.31. The first-order chi connectivity index (χ1) is 14.2. The second kappa shape index (κ2) is 9.51. The number of hydrogen-bond acceptors (Lipinski definition) is 6. The van der Waals surface area contributed by atoms with Gasteiger partial charge in [0.05, 0.1) is 11.2 Å². The summed E-state index contributed by atoms with van der Waals surface area (Å²) in [6, 6.07) is 7.02. The monoisotopic (exact) mass is 471 g/mol. The topological polar surface area (TPSA) is 104 Å². The molecular weight excluding hydrogens is 450 g/mol. The summed E-state index contributed by atoms with van der Waals surface area (Å²) in [6.45, 7) is 0.834. The third-order valence-electron chi connectivity index (χ3n) is 4.99. The molecule has 3 amide bonds. The van der Waals surface area contributed by atoms with Crippen molar-refractivity contribution in [1.82, 2.24) is 14.5 Å². The quantitative estimate of drug-likeness (QED) is 0.637. The van der Waals surface area contributed by atoms with Gasteiger partial charge in [-0.1, -0.05) is 29.8 Å². The van der Waals surface area contributed by atoms with E-state index in [-0.39, 0.29) is 29.8 Å². The van der Waals surface area contributed by atoms with Crippen LogP contribution in [0.3, 0.4) is 0 Å². The zero-order valence-electron chi connectivity index (χ0n) is 16.3. The predicted molar refractivity (Wildman–Crippen MR) is 116 cm³/mol. The number of hydrogen-bond donors (Lipinski definition) is 1. The average molecular weight is 472 g/mol. The Bertz CT molecular complexity index is 988. The van der Waals surface area contributed by atoms with Crippen molar-refractivity contribution in [2.75, 3.05) is 32.4 Å². The van der Waals surface area contributed by atoms with Crippen molar-refractivity contribution >= 4 is 56.5 Å². The van der Waals surface area contributed by atoms with E-state index >= 15 is 0 Å². The fourth-order valence-corrected chi connectivity index (χ4v) is 5.23. The number of rotatable bonds is 6.